The summed E-state index contributed by atoms with van der Waals surface area (Å²) in [5, 5.41) is 2.50. The van der Waals surface area contributed by atoms with E-state index < -0.39 is 13.7 Å². The largest absolute Gasteiger partial charge is 0.524 e. The van der Waals surface area contributed by atoms with E-state index in [1.165, 1.54) is 33.4 Å². The number of ether oxygens (including phenoxy) is 3. The second-order valence-electron chi connectivity index (χ2n) is 6.12. The van der Waals surface area contributed by atoms with E-state index in [1.807, 2.05) is 0 Å². The minimum Gasteiger partial charge on any atom is -0.496 e. The van der Waals surface area contributed by atoms with Gasteiger partial charge in [0, 0.05) is 19.2 Å². The Morgan fingerprint density at radius 1 is 1.06 bits per heavy atom. The van der Waals surface area contributed by atoms with Crippen LogP contribution in [0.5, 0.6) is 23.1 Å². The fourth-order valence-electron chi connectivity index (χ4n) is 2.78. The normalized spacial score (nSPS) is 11.1. The number of hydrogen-bond acceptors (Lipinski definition) is 8. The van der Waals surface area contributed by atoms with Crippen LogP contribution in [0.25, 0.3) is 11.0 Å². The molecule has 31 heavy (non-hydrogen) atoms. The van der Waals surface area contributed by atoms with E-state index >= 15 is 0 Å². The van der Waals surface area contributed by atoms with Crippen LogP contribution in [-0.2, 0) is 11.2 Å². The molecule has 3 N–H and O–H groups in total. The Hall–Kier alpha value is -3.40. The number of phosphoric ester groups is 1. The van der Waals surface area contributed by atoms with Gasteiger partial charge in [-0.2, -0.15) is 0 Å². The molecule has 1 aromatic heterocycles. The second kappa shape index (κ2) is 9.17. The summed E-state index contributed by atoms with van der Waals surface area (Å²) in [5.41, 5.74) is 1.47. The van der Waals surface area contributed by atoms with Gasteiger partial charge < -0.3 is 24.1 Å². The van der Waals surface area contributed by atoms with Gasteiger partial charge in [0.15, 0.2) is 5.69 Å². The molecule has 0 aliphatic heterocycles. The third-order valence-corrected chi connectivity index (χ3v) is 4.59. The summed E-state index contributed by atoms with van der Waals surface area (Å²) < 4.78 is 32.1. The number of nitrogens with zero attached hydrogens (tertiary/aromatic N) is 2. The summed E-state index contributed by atoms with van der Waals surface area (Å²) in [5.74, 6) is -0.242. The number of amides is 1. The van der Waals surface area contributed by atoms with Gasteiger partial charge in [-0.25, -0.2) is 14.5 Å². The van der Waals surface area contributed by atoms with Crippen molar-refractivity contribution in [3.05, 3.63) is 47.7 Å². The number of hydrogen-bond donors (Lipinski definition) is 3. The molecule has 0 fully saturated rings. The Bertz CT molecular complexity index is 1140. The van der Waals surface area contributed by atoms with Crippen LogP contribution >= 0.6 is 7.82 Å². The van der Waals surface area contributed by atoms with E-state index in [9.17, 15) is 9.36 Å². The molecule has 0 unspecified atom stereocenters. The molecule has 0 bridgehead atoms. The summed E-state index contributed by atoms with van der Waals surface area (Å²) in [4.78, 5) is 39.1. The van der Waals surface area contributed by atoms with Gasteiger partial charge in [-0.1, -0.05) is 12.1 Å². The number of methoxy groups -OCH3 is 2. The van der Waals surface area contributed by atoms with Gasteiger partial charge in [0.25, 0.3) is 5.91 Å². The summed E-state index contributed by atoms with van der Waals surface area (Å²) in [6.45, 7) is -0.139. The zero-order chi connectivity index (χ0) is 22.6. The lowest BCUT2D eigenvalue weighted by Crippen LogP contribution is -2.21. The molecule has 0 atom stereocenters. The number of carbonyl (C=O) groups is 1. The topological polar surface area (TPSA) is 149 Å². The van der Waals surface area contributed by atoms with Crippen LogP contribution in [0.15, 0.2) is 36.4 Å². The first-order chi connectivity index (χ1) is 14.8. The van der Waals surface area contributed by atoms with Crippen LogP contribution in [0.4, 0.5) is 0 Å². The Kier molecular flexibility index (Phi) is 6.59. The van der Waals surface area contributed by atoms with Gasteiger partial charge in [0.05, 0.1) is 30.8 Å². The van der Waals surface area contributed by atoms with E-state index in [2.05, 4.69) is 19.8 Å². The molecule has 0 radical (unpaired) electrons. The number of carbonyl (C=O) groups excluding carboxylic acids is 1. The predicted molar refractivity (Wildman–Crippen MR) is 109 cm³/mol. The molecule has 1 heterocycles. The number of fused-ring (bicyclic) bond motifs is 1. The Balaban J connectivity index is 1.99. The monoisotopic (exact) mass is 449 g/mol. The minimum absolute atomic E-state index is 0.000543. The van der Waals surface area contributed by atoms with E-state index in [1.54, 1.807) is 24.3 Å². The molecule has 1 amide bonds. The average molecular weight is 449 g/mol. The Labute approximate surface area is 177 Å². The van der Waals surface area contributed by atoms with E-state index in [0.717, 1.165) is 0 Å². The van der Waals surface area contributed by atoms with Crippen molar-refractivity contribution < 1.29 is 37.9 Å². The van der Waals surface area contributed by atoms with Crippen LogP contribution < -0.4 is 24.1 Å². The third kappa shape index (κ3) is 5.21. The summed E-state index contributed by atoms with van der Waals surface area (Å²) in [7, 11) is -0.576. The maximum absolute atomic E-state index is 12.3. The molecule has 2 aromatic carbocycles. The number of aromatic nitrogens is 2. The first-order valence-electron chi connectivity index (χ1n) is 8.87. The van der Waals surface area contributed by atoms with Crippen molar-refractivity contribution in [1.29, 1.82) is 0 Å². The zero-order valence-electron chi connectivity index (χ0n) is 16.9. The van der Waals surface area contributed by atoms with Crippen molar-refractivity contribution in [3.8, 4) is 23.1 Å². The molecule has 3 rings (SSSR count). The number of rotatable bonds is 8. The quantitative estimate of drug-likeness (QED) is 0.436. The number of nitrogens with one attached hydrogen (secondary N) is 1. The van der Waals surface area contributed by atoms with Crippen molar-refractivity contribution in [3.63, 3.8) is 0 Å². The van der Waals surface area contributed by atoms with Gasteiger partial charge in [-0.3, -0.25) is 14.6 Å². The molecule has 11 nitrogen and oxygen atoms in total. The molecule has 0 saturated carbocycles. The van der Waals surface area contributed by atoms with Gasteiger partial charge >= 0.3 is 7.82 Å². The lowest BCUT2D eigenvalue weighted by atomic mass is 10.1. The maximum atomic E-state index is 12.3. The Morgan fingerprint density at radius 2 is 1.65 bits per heavy atom. The van der Waals surface area contributed by atoms with Crippen molar-refractivity contribution in [1.82, 2.24) is 15.3 Å². The fourth-order valence-corrected chi connectivity index (χ4v) is 3.16. The molecule has 0 aliphatic rings. The first-order valence-corrected chi connectivity index (χ1v) is 10.4. The molecule has 0 aliphatic carbocycles. The highest BCUT2D eigenvalue weighted by Crippen LogP contribution is 2.42. The fraction of sp³-hybridized carbons (Fsp3) is 0.211. The Morgan fingerprint density at radius 3 is 2.16 bits per heavy atom. The van der Waals surface area contributed by atoms with Crippen molar-refractivity contribution in [2.45, 2.75) is 6.61 Å². The maximum Gasteiger partial charge on any atom is 0.524 e. The van der Waals surface area contributed by atoms with Crippen LogP contribution in [0, 0.1) is 0 Å². The molecule has 12 heteroatoms. The molecule has 164 valence electrons. The minimum atomic E-state index is -4.78. The first kappa shape index (κ1) is 22.3. The van der Waals surface area contributed by atoms with Gasteiger partial charge in [0.1, 0.15) is 23.9 Å². The number of benzene rings is 2. The standard InChI is InChI=1S/C19H20N3O8P/c1-20-18(23)17-19(22-14-7-5-4-6-13(14)21-17)29-10-12-15(27-2)8-11(9-16(12)28-3)30-31(24,25)26/h4-9H,10H2,1-3H3,(H,20,23)(H2,24,25,26). The lowest BCUT2D eigenvalue weighted by Gasteiger charge is -2.17. The molecule has 0 spiro atoms. The molecular weight excluding hydrogens is 429 g/mol. The number of phosphoric acid groups is 1. The van der Waals surface area contributed by atoms with Crippen molar-refractivity contribution in [2.24, 2.45) is 0 Å². The average Bonchev–Trinajstić information content (AvgIpc) is 2.75. The van der Waals surface area contributed by atoms with Gasteiger partial charge in [-0.15, -0.1) is 0 Å². The SMILES string of the molecule is CNC(=O)c1nc2ccccc2nc1OCc1c(OC)cc(OP(=O)(O)O)cc1OC. The summed E-state index contributed by atoms with van der Waals surface area (Å²) in [6, 6.07) is 9.59. The molecule has 0 saturated heterocycles. The number of para-hydroxylation sites is 2. The summed E-state index contributed by atoms with van der Waals surface area (Å²) in [6.07, 6.45) is 0. The highest BCUT2D eigenvalue weighted by atomic mass is 31.2. The van der Waals surface area contributed by atoms with Crippen LogP contribution in [0.1, 0.15) is 16.1 Å². The third-order valence-electron chi connectivity index (χ3n) is 4.14. The van der Waals surface area contributed by atoms with Crippen molar-refractivity contribution >= 4 is 24.8 Å². The van der Waals surface area contributed by atoms with E-state index in [-0.39, 0.29) is 35.4 Å². The van der Waals surface area contributed by atoms with E-state index in [0.29, 0.717) is 16.6 Å². The van der Waals surface area contributed by atoms with Crippen LogP contribution in [0.2, 0.25) is 0 Å². The highest BCUT2D eigenvalue weighted by molar-refractivity contribution is 7.46. The van der Waals surface area contributed by atoms with Gasteiger partial charge in [-0.05, 0) is 12.1 Å². The zero-order valence-corrected chi connectivity index (χ0v) is 17.8. The second-order valence-corrected chi connectivity index (χ2v) is 7.29. The molecule has 3 aromatic rings. The van der Waals surface area contributed by atoms with Crippen LogP contribution in [0.3, 0.4) is 0 Å². The predicted octanol–water partition coefficient (Wildman–Crippen LogP) is 2.06. The van der Waals surface area contributed by atoms with Crippen molar-refractivity contribution in [2.75, 3.05) is 21.3 Å². The smallest absolute Gasteiger partial charge is 0.496 e. The lowest BCUT2D eigenvalue weighted by molar-refractivity contribution is 0.0952. The van der Waals surface area contributed by atoms with Crippen LogP contribution in [-0.4, -0.2) is 46.9 Å². The molecular formula is C19H20N3O8P. The highest BCUT2D eigenvalue weighted by Gasteiger charge is 2.22. The van der Waals surface area contributed by atoms with E-state index in [4.69, 9.17) is 24.0 Å². The van der Waals surface area contributed by atoms with Gasteiger partial charge in [0.2, 0.25) is 5.88 Å². The summed E-state index contributed by atoms with van der Waals surface area (Å²) >= 11 is 0.